The van der Waals surface area contributed by atoms with Gasteiger partial charge in [-0.3, -0.25) is 4.79 Å². The van der Waals surface area contributed by atoms with Crippen LogP contribution < -0.4 is 0 Å². The highest BCUT2D eigenvalue weighted by atomic mass is 16.3. The van der Waals surface area contributed by atoms with Crippen LogP contribution in [0.2, 0.25) is 0 Å². The Balaban J connectivity index is 0. The van der Waals surface area contributed by atoms with Crippen LogP contribution >= 0.6 is 0 Å². The fourth-order valence-corrected chi connectivity index (χ4v) is 4.08. The van der Waals surface area contributed by atoms with Gasteiger partial charge in [-0.15, -0.1) is 0 Å². The van der Waals surface area contributed by atoms with E-state index in [0.717, 1.165) is 84.0 Å². The molecule has 34 heavy (non-hydrogen) atoms. The summed E-state index contributed by atoms with van der Waals surface area (Å²) in [7, 11) is 2.11. The summed E-state index contributed by atoms with van der Waals surface area (Å²) >= 11 is 0. The second-order valence-electron chi connectivity index (χ2n) is 9.93. The maximum atomic E-state index is 11.3. The minimum atomic E-state index is -0.220. The molecule has 1 saturated carbocycles. The van der Waals surface area contributed by atoms with Crippen LogP contribution in [-0.2, 0) is 9.59 Å². The number of hydrogen-bond donors (Lipinski definition) is 1. The van der Waals surface area contributed by atoms with Crippen molar-refractivity contribution in [3.63, 3.8) is 0 Å². The second-order valence-corrected chi connectivity index (χ2v) is 9.93. The van der Waals surface area contributed by atoms with Gasteiger partial charge in [0.25, 0.3) is 0 Å². The first-order valence-electron chi connectivity index (χ1n) is 13.9. The Labute approximate surface area is 212 Å². The van der Waals surface area contributed by atoms with Crippen molar-refractivity contribution in [1.82, 2.24) is 9.80 Å². The molecule has 0 aromatic carbocycles. The van der Waals surface area contributed by atoms with Crippen LogP contribution in [0.3, 0.4) is 0 Å². The molecule has 5 nitrogen and oxygen atoms in total. The zero-order valence-corrected chi connectivity index (χ0v) is 23.9. The molecule has 1 N–H and O–H groups in total. The fourth-order valence-electron chi connectivity index (χ4n) is 4.08. The Kier molecular flexibility index (Phi) is 24.2. The van der Waals surface area contributed by atoms with Gasteiger partial charge >= 0.3 is 0 Å². The number of unbranched alkanes of at least 4 members (excludes halogenated alkanes) is 1. The van der Waals surface area contributed by atoms with Crippen LogP contribution in [0, 0.1) is 11.8 Å². The van der Waals surface area contributed by atoms with E-state index in [2.05, 4.69) is 49.9 Å². The molecular weight excluding hydrogens is 424 g/mol. The molecule has 0 heterocycles. The lowest BCUT2D eigenvalue weighted by Crippen LogP contribution is -2.35. The van der Waals surface area contributed by atoms with E-state index in [9.17, 15) is 14.7 Å². The highest BCUT2D eigenvalue weighted by Gasteiger charge is 2.39. The Morgan fingerprint density at radius 2 is 1.65 bits per heavy atom. The lowest BCUT2D eigenvalue weighted by atomic mass is 10.1. The fraction of sp³-hybridized carbons (Fsp3) is 0.862. The molecule has 0 spiro atoms. The molecule has 202 valence electrons. The highest BCUT2D eigenvalue weighted by Crippen LogP contribution is 2.42. The van der Waals surface area contributed by atoms with Crippen molar-refractivity contribution < 1.29 is 14.7 Å². The summed E-state index contributed by atoms with van der Waals surface area (Å²) in [6.07, 6.45) is 14.5. The number of nitrogens with zero attached hydrogens (tertiary/aromatic N) is 2. The average molecular weight is 483 g/mol. The summed E-state index contributed by atoms with van der Waals surface area (Å²) in [5.41, 5.74) is 0. The van der Waals surface area contributed by atoms with Gasteiger partial charge in [0, 0.05) is 32.5 Å². The molecule has 3 unspecified atom stereocenters. The van der Waals surface area contributed by atoms with Gasteiger partial charge in [-0.05, 0) is 84.5 Å². The van der Waals surface area contributed by atoms with Gasteiger partial charge in [0.1, 0.15) is 11.6 Å². The zero-order chi connectivity index (χ0) is 26.4. The van der Waals surface area contributed by atoms with Crippen molar-refractivity contribution in [1.29, 1.82) is 0 Å². The van der Waals surface area contributed by atoms with Crippen molar-refractivity contribution in [2.45, 2.75) is 119 Å². The molecule has 0 bridgehead atoms. The topological polar surface area (TPSA) is 60.9 Å². The van der Waals surface area contributed by atoms with E-state index in [1.807, 2.05) is 13.8 Å². The molecule has 0 radical (unpaired) electrons. The number of hydrogen-bond acceptors (Lipinski definition) is 5. The van der Waals surface area contributed by atoms with E-state index in [0.29, 0.717) is 17.6 Å². The predicted molar refractivity (Wildman–Crippen MR) is 147 cm³/mol. The standard InChI is InChI=1S/C21H40N2O2.C5H10O.C3H8/c1-5-12-22(4)14-9-15-23(13-6-2)17-20(25)11-8-7-10-19-16-21(19)18(3)24;1-3-4-5(2)6;1-3-2/h5,12,19-21,25H,6-11,13-17H2,1-4H3;3-4H2,1-2H3;3H2,1-2H3/b12-5-;;. The maximum Gasteiger partial charge on any atom is 0.133 e. The van der Waals surface area contributed by atoms with Gasteiger partial charge in [-0.25, -0.2) is 0 Å². The SMILES string of the molecule is C/C=C\N(C)CCCN(CCC)CC(O)CCCCC1CC1C(C)=O.CCC.CCCC(C)=O. The third kappa shape index (κ3) is 22.6. The van der Waals surface area contributed by atoms with E-state index in [-0.39, 0.29) is 11.9 Å². The third-order valence-electron chi connectivity index (χ3n) is 5.81. The molecule has 0 saturated heterocycles. The van der Waals surface area contributed by atoms with Crippen LogP contribution in [0.25, 0.3) is 0 Å². The molecule has 0 aromatic heterocycles. The van der Waals surface area contributed by atoms with Crippen LogP contribution in [0.1, 0.15) is 113 Å². The Morgan fingerprint density at radius 3 is 2.09 bits per heavy atom. The second kappa shape index (κ2) is 23.5. The molecule has 3 atom stereocenters. The molecule has 5 heteroatoms. The van der Waals surface area contributed by atoms with Crippen molar-refractivity contribution in [2.75, 3.05) is 33.2 Å². The predicted octanol–water partition coefficient (Wildman–Crippen LogP) is 6.49. The van der Waals surface area contributed by atoms with Gasteiger partial charge in [0.2, 0.25) is 0 Å². The van der Waals surface area contributed by atoms with E-state index in [4.69, 9.17) is 0 Å². The number of ketones is 2. The monoisotopic (exact) mass is 482 g/mol. The van der Waals surface area contributed by atoms with Gasteiger partial charge in [-0.1, -0.05) is 53.0 Å². The Hall–Kier alpha value is -1.20. The summed E-state index contributed by atoms with van der Waals surface area (Å²) in [4.78, 5) is 25.9. The van der Waals surface area contributed by atoms with Gasteiger partial charge in [0.15, 0.2) is 0 Å². The Bertz CT molecular complexity index is 522. The molecule has 1 aliphatic rings. The number of allylic oxidation sites excluding steroid dienone is 1. The molecule has 0 amide bonds. The molecule has 1 fully saturated rings. The van der Waals surface area contributed by atoms with Crippen LogP contribution in [0.15, 0.2) is 12.3 Å². The smallest absolute Gasteiger partial charge is 0.133 e. The molecule has 0 aromatic rings. The Morgan fingerprint density at radius 1 is 1.00 bits per heavy atom. The number of carbonyl (C=O) groups is 2. The first kappa shape index (κ1) is 35.0. The third-order valence-corrected chi connectivity index (χ3v) is 5.81. The van der Waals surface area contributed by atoms with Crippen LogP contribution in [-0.4, -0.2) is 65.8 Å². The van der Waals surface area contributed by atoms with Crippen LogP contribution in [0.5, 0.6) is 0 Å². The number of aliphatic hydroxyl groups is 1. The maximum absolute atomic E-state index is 11.3. The highest BCUT2D eigenvalue weighted by molar-refractivity contribution is 5.81. The minimum absolute atomic E-state index is 0.220. The lowest BCUT2D eigenvalue weighted by molar-refractivity contribution is -0.118. The van der Waals surface area contributed by atoms with Crippen molar-refractivity contribution in [2.24, 2.45) is 11.8 Å². The largest absolute Gasteiger partial charge is 0.392 e. The summed E-state index contributed by atoms with van der Waals surface area (Å²) in [6, 6.07) is 0. The summed E-state index contributed by atoms with van der Waals surface area (Å²) < 4.78 is 0. The van der Waals surface area contributed by atoms with Gasteiger partial charge in [-0.2, -0.15) is 0 Å². The van der Waals surface area contributed by atoms with Gasteiger partial charge < -0.3 is 19.7 Å². The number of aliphatic hydroxyl groups excluding tert-OH is 1. The molecule has 1 aliphatic carbocycles. The summed E-state index contributed by atoms with van der Waals surface area (Å²) in [6.45, 7) is 17.8. The van der Waals surface area contributed by atoms with Crippen molar-refractivity contribution in [3.05, 3.63) is 12.3 Å². The zero-order valence-electron chi connectivity index (χ0n) is 23.9. The molecule has 0 aliphatic heterocycles. The number of rotatable bonds is 17. The first-order chi connectivity index (χ1) is 16.2. The summed E-state index contributed by atoms with van der Waals surface area (Å²) in [5.74, 6) is 1.64. The van der Waals surface area contributed by atoms with Crippen LogP contribution in [0.4, 0.5) is 0 Å². The average Bonchev–Trinajstić information content (AvgIpc) is 3.52. The van der Waals surface area contributed by atoms with Gasteiger partial charge in [0.05, 0.1) is 6.10 Å². The first-order valence-corrected chi connectivity index (χ1v) is 13.9. The number of carbonyl (C=O) groups excluding carboxylic acids is 2. The normalized spacial score (nSPS) is 17.5. The quantitative estimate of drug-likeness (QED) is 0.240. The molecule has 1 rings (SSSR count). The number of Topliss-reactive ketones (excluding diaryl/α,β-unsaturated/α-hetero) is 2. The van der Waals surface area contributed by atoms with Crippen molar-refractivity contribution in [3.8, 4) is 0 Å². The van der Waals surface area contributed by atoms with E-state index in [1.165, 1.54) is 6.42 Å². The summed E-state index contributed by atoms with van der Waals surface area (Å²) in [5, 5.41) is 10.3. The van der Waals surface area contributed by atoms with Crippen molar-refractivity contribution >= 4 is 11.6 Å². The lowest BCUT2D eigenvalue weighted by Gasteiger charge is -2.25. The van der Waals surface area contributed by atoms with E-state index >= 15 is 0 Å². The van der Waals surface area contributed by atoms with E-state index < -0.39 is 0 Å². The molecular formula is C29H58N2O3. The minimum Gasteiger partial charge on any atom is -0.392 e. The van der Waals surface area contributed by atoms with E-state index in [1.54, 1.807) is 13.8 Å².